The molecule has 1 aromatic heterocycles. The minimum Gasteiger partial charge on any atom is -0.478 e. The second kappa shape index (κ2) is 6.73. The van der Waals surface area contributed by atoms with Gasteiger partial charge in [0.1, 0.15) is 17.0 Å². The largest absolute Gasteiger partial charge is 0.478 e. The number of morpholine rings is 1. The molecule has 0 aliphatic carbocycles. The maximum Gasteiger partial charge on any atom is 0.335 e. The normalized spacial score (nSPS) is 16.4. The summed E-state index contributed by atoms with van der Waals surface area (Å²) in [5, 5.41) is 11.9. The topological polar surface area (TPSA) is 91.8 Å². The van der Waals surface area contributed by atoms with E-state index in [9.17, 15) is 9.59 Å². The van der Waals surface area contributed by atoms with Crippen molar-refractivity contribution in [3.8, 4) is 0 Å². The van der Waals surface area contributed by atoms with Crippen LogP contribution in [-0.4, -0.2) is 59.2 Å². The van der Waals surface area contributed by atoms with Crippen LogP contribution in [0.15, 0.2) is 12.1 Å². The predicted molar refractivity (Wildman–Crippen MR) is 76.7 cm³/mol. The van der Waals surface area contributed by atoms with Gasteiger partial charge in [-0.2, -0.15) is 0 Å². The smallest absolute Gasteiger partial charge is 0.335 e. The lowest BCUT2D eigenvalue weighted by molar-refractivity contribution is -0.135. The Balaban J connectivity index is 2.06. The number of carboxylic acid groups (broad SMARTS) is 1. The number of rotatable bonds is 4. The molecule has 1 atom stereocenters. The Morgan fingerprint density at radius 3 is 2.71 bits per heavy atom. The molecule has 0 bridgehead atoms. The second-order valence-electron chi connectivity index (χ2n) is 4.67. The van der Waals surface area contributed by atoms with Crippen LogP contribution in [0.2, 0.25) is 5.15 Å². The summed E-state index contributed by atoms with van der Waals surface area (Å²) in [4.78, 5) is 28.9. The van der Waals surface area contributed by atoms with Crippen LogP contribution in [0.3, 0.4) is 0 Å². The number of hydrogen-bond donors (Lipinski definition) is 2. The highest BCUT2D eigenvalue weighted by molar-refractivity contribution is 6.29. The van der Waals surface area contributed by atoms with E-state index in [4.69, 9.17) is 21.4 Å². The summed E-state index contributed by atoms with van der Waals surface area (Å²) < 4.78 is 5.20. The van der Waals surface area contributed by atoms with Gasteiger partial charge in [0.25, 0.3) is 0 Å². The van der Waals surface area contributed by atoms with Gasteiger partial charge in [0, 0.05) is 13.1 Å². The predicted octanol–water partition coefficient (Wildman–Crippen LogP) is 1.09. The summed E-state index contributed by atoms with van der Waals surface area (Å²) >= 11 is 5.78. The molecule has 1 unspecified atom stereocenters. The molecule has 1 aliphatic heterocycles. The molecule has 21 heavy (non-hydrogen) atoms. The van der Waals surface area contributed by atoms with Crippen LogP contribution in [0, 0.1) is 0 Å². The van der Waals surface area contributed by atoms with Gasteiger partial charge >= 0.3 is 5.97 Å². The average Bonchev–Trinajstić information content (AvgIpc) is 2.46. The van der Waals surface area contributed by atoms with Gasteiger partial charge < -0.3 is 20.1 Å². The highest BCUT2D eigenvalue weighted by Gasteiger charge is 2.23. The number of nitrogens with one attached hydrogen (secondary N) is 1. The summed E-state index contributed by atoms with van der Waals surface area (Å²) in [6, 6.07) is 2.07. The molecule has 0 saturated carbocycles. The zero-order valence-corrected chi connectivity index (χ0v) is 12.3. The van der Waals surface area contributed by atoms with E-state index in [-0.39, 0.29) is 22.4 Å². The van der Waals surface area contributed by atoms with Crippen molar-refractivity contribution in [3.63, 3.8) is 0 Å². The Labute approximate surface area is 126 Å². The fraction of sp³-hybridized carbons (Fsp3) is 0.462. The first-order valence-electron chi connectivity index (χ1n) is 6.51. The molecule has 1 fully saturated rings. The summed E-state index contributed by atoms with van der Waals surface area (Å²) in [6.45, 7) is 3.84. The van der Waals surface area contributed by atoms with Crippen molar-refractivity contribution in [3.05, 3.63) is 22.8 Å². The zero-order chi connectivity index (χ0) is 15.4. The summed E-state index contributed by atoms with van der Waals surface area (Å²) in [7, 11) is 0. The van der Waals surface area contributed by atoms with Crippen LogP contribution in [0.4, 0.5) is 5.82 Å². The molecular weight excluding hydrogens is 298 g/mol. The number of nitrogens with zero attached hydrogens (tertiary/aromatic N) is 2. The van der Waals surface area contributed by atoms with Crippen LogP contribution in [0.5, 0.6) is 0 Å². The van der Waals surface area contributed by atoms with Crippen LogP contribution >= 0.6 is 11.6 Å². The Morgan fingerprint density at radius 2 is 2.10 bits per heavy atom. The van der Waals surface area contributed by atoms with E-state index in [0.29, 0.717) is 26.3 Å². The number of amides is 1. The SMILES string of the molecule is CC(Nc1cc(C(=O)O)cc(Cl)n1)C(=O)N1CCOCC1. The molecule has 114 valence electrons. The number of aromatic nitrogens is 1. The number of halogens is 1. The van der Waals surface area contributed by atoms with Crippen LogP contribution in [0.1, 0.15) is 17.3 Å². The van der Waals surface area contributed by atoms with Gasteiger partial charge in [-0.1, -0.05) is 11.6 Å². The van der Waals surface area contributed by atoms with Crippen molar-refractivity contribution < 1.29 is 19.4 Å². The van der Waals surface area contributed by atoms with E-state index >= 15 is 0 Å². The van der Waals surface area contributed by atoms with E-state index in [1.54, 1.807) is 11.8 Å². The molecule has 1 aromatic rings. The number of ether oxygens (including phenoxy) is 1. The van der Waals surface area contributed by atoms with Crippen molar-refractivity contribution in [1.29, 1.82) is 0 Å². The van der Waals surface area contributed by atoms with E-state index in [1.807, 2.05) is 0 Å². The van der Waals surface area contributed by atoms with Crippen LogP contribution in [-0.2, 0) is 9.53 Å². The minimum atomic E-state index is -1.10. The third-order valence-electron chi connectivity index (χ3n) is 3.10. The second-order valence-corrected chi connectivity index (χ2v) is 5.06. The van der Waals surface area contributed by atoms with Gasteiger partial charge in [-0.15, -0.1) is 0 Å². The van der Waals surface area contributed by atoms with Crippen LogP contribution < -0.4 is 5.32 Å². The van der Waals surface area contributed by atoms with Crippen molar-refractivity contribution in [1.82, 2.24) is 9.88 Å². The molecule has 0 spiro atoms. The lowest BCUT2D eigenvalue weighted by atomic mass is 10.2. The number of carbonyl (C=O) groups excluding carboxylic acids is 1. The maximum absolute atomic E-state index is 12.2. The third-order valence-corrected chi connectivity index (χ3v) is 3.29. The Hall–Kier alpha value is -1.86. The molecule has 2 rings (SSSR count). The van der Waals surface area contributed by atoms with Gasteiger partial charge in [0.15, 0.2) is 0 Å². The van der Waals surface area contributed by atoms with Crippen molar-refractivity contribution >= 4 is 29.3 Å². The number of carbonyl (C=O) groups is 2. The molecule has 0 radical (unpaired) electrons. The number of aromatic carboxylic acids is 1. The Morgan fingerprint density at radius 1 is 1.43 bits per heavy atom. The third kappa shape index (κ3) is 4.05. The Kier molecular flexibility index (Phi) is 4.98. The van der Waals surface area contributed by atoms with E-state index in [0.717, 1.165) is 0 Å². The number of pyridine rings is 1. The quantitative estimate of drug-likeness (QED) is 0.809. The van der Waals surface area contributed by atoms with Crippen molar-refractivity contribution in [2.24, 2.45) is 0 Å². The van der Waals surface area contributed by atoms with Gasteiger partial charge in [0.05, 0.1) is 18.8 Å². The molecule has 7 nitrogen and oxygen atoms in total. The van der Waals surface area contributed by atoms with Gasteiger partial charge in [-0.25, -0.2) is 9.78 Å². The summed E-state index contributed by atoms with van der Waals surface area (Å²) in [5.74, 6) is -0.930. The average molecular weight is 314 g/mol. The fourth-order valence-corrected chi connectivity index (χ4v) is 2.24. The number of hydrogen-bond acceptors (Lipinski definition) is 5. The first-order chi connectivity index (χ1) is 9.97. The number of carboxylic acids is 1. The van der Waals surface area contributed by atoms with Gasteiger partial charge in [-0.3, -0.25) is 4.79 Å². The highest BCUT2D eigenvalue weighted by atomic mass is 35.5. The first kappa shape index (κ1) is 15.5. The minimum absolute atomic E-state index is 0.0171. The molecule has 1 saturated heterocycles. The fourth-order valence-electron chi connectivity index (χ4n) is 2.04. The maximum atomic E-state index is 12.2. The summed E-state index contributed by atoms with van der Waals surface area (Å²) in [5.41, 5.74) is 0.0171. The summed E-state index contributed by atoms with van der Waals surface area (Å²) in [6.07, 6.45) is 0. The molecule has 2 heterocycles. The monoisotopic (exact) mass is 313 g/mol. The van der Waals surface area contributed by atoms with Gasteiger partial charge in [-0.05, 0) is 19.1 Å². The van der Waals surface area contributed by atoms with E-state index < -0.39 is 12.0 Å². The molecule has 2 N–H and O–H groups in total. The van der Waals surface area contributed by atoms with Gasteiger partial charge in [0.2, 0.25) is 5.91 Å². The standard InChI is InChI=1S/C13H16ClN3O4/c1-8(12(18)17-2-4-21-5-3-17)15-11-7-9(13(19)20)6-10(14)16-11/h6-8H,2-5H2,1H3,(H,15,16)(H,19,20). The van der Waals surface area contributed by atoms with E-state index in [1.165, 1.54) is 12.1 Å². The molecular formula is C13H16ClN3O4. The lowest BCUT2D eigenvalue weighted by Gasteiger charge is -2.29. The molecule has 1 aliphatic rings. The first-order valence-corrected chi connectivity index (χ1v) is 6.89. The van der Waals surface area contributed by atoms with Crippen molar-refractivity contribution in [2.75, 3.05) is 31.6 Å². The molecule has 1 amide bonds. The highest BCUT2D eigenvalue weighted by Crippen LogP contribution is 2.16. The van der Waals surface area contributed by atoms with Crippen LogP contribution in [0.25, 0.3) is 0 Å². The molecule has 0 aromatic carbocycles. The Bertz CT molecular complexity index is 546. The molecule has 8 heteroatoms. The van der Waals surface area contributed by atoms with E-state index in [2.05, 4.69) is 10.3 Å². The van der Waals surface area contributed by atoms with Crippen molar-refractivity contribution in [2.45, 2.75) is 13.0 Å². The number of anilines is 1. The lowest BCUT2D eigenvalue weighted by Crippen LogP contribution is -2.47. The zero-order valence-electron chi connectivity index (χ0n) is 11.5.